The smallest absolute Gasteiger partial charge is 0.159 e. The highest BCUT2D eigenvalue weighted by Crippen LogP contribution is 2.30. The van der Waals surface area contributed by atoms with E-state index in [0.29, 0.717) is 13.1 Å². The molecular weight excluding hydrogens is 298 g/mol. The maximum atomic E-state index is 13.5. The fourth-order valence-electron chi connectivity index (χ4n) is 3.21. The second-order valence-electron chi connectivity index (χ2n) is 5.95. The van der Waals surface area contributed by atoms with Gasteiger partial charge in [-0.25, -0.2) is 8.78 Å². The average molecular weight is 318 g/mol. The van der Waals surface area contributed by atoms with E-state index in [1.807, 2.05) is 24.3 Å². The van der Waals surface area contributed by atoms with Crippen LogP contribution in [-0.4, -0.2) is 31.1 Å². The van der Waals surface area contributed by atoms with Crippen molar-refractivity contribution in [3.63, 3.8) is 0 Å². The van der Waals surface area contributed by atoms with Crippen LogP contribution in [0.25, 0.3) is 0 Å². The average Bonchev–Trinajstić information content (AvgIpc) is 2.91. The predicted octanol–water partition coefficient (Wildman–Crippen LogP) is 2.90. The summed E-state index contributed by atoms with van der Waals surface area (Å²) >= 11 is 0. The molecule has 5 heteroatoms. The molecule has 1 fully saturated rings. The quantitative estimate of drug-likeness (QED) is 0.942. The van der Waals surface area contributed by atoms with Crippen LogP contribution in [0.5, 0.6) is 5.75 Å². The van der Waals surface area contributed by atoms with Gasteiger partial charge in [0.15, 0.2) is 11.6 Å². The molecule has 2 aromatic carbocycles. The van der Waals surface area contributed by atoms with Crippen LogP contribution in [0.1, 0.15) is 17.0 Å². The lowest BCUT2D eigenvalue weighted by atomic mass is 9.95. The molecule has 0 saturated carbocycles. The van der Waals surface area contributed by atoms with Crippen LogP contribution in [0, 0.1) is 11.6 Å². The summed E-state index contributed by atoms with van der Waals surface area (Å²) in [6, 6.07) is 11.8. The van der Waals surface area contributed by atoms with E-state index in [4.69, 9.17) is 10.5 Å². The number of hydrogen-bond acceptors (Lipinski definition) is 3. The van der Waals surface area contributed by atoms with E-state index >= 15 is 0 Å². The Labute approximate surface area is 134 Å². The van der Waals surface area contributed by atoms with Gasteiger partial charge in [-0.15, -0.1) is 0 Å². The normalized spacial score (nSPS) is 21.6. The van der Waals surface area contributed by atoms with Crippen molar-refractivity contribution in [1.82, 2.24) is 4.90 Å². The molecule has 2 N–H and O–H groups in total. The molecule has 2 aromatic rings. The second-order valence-corrected chi connectivity index (χ2v) is 5.95. The first-order valence-electron chi connectivity index (χ1n) is 7.63. The Morgan fingerprint density at radius 1 is 1.13 bits per heavy atom. The number of likely N-dealkylation sites (tertiary alicyclic amines) is 1. The predicted molar refractivity (Wildman–Crippen MR) is 85.3 cm³/mol. The molecule has 122 valence electrons. The Morgan fingerprint density at radius 2 is 1.91 bits per heavy atom. The van der Waals surface area contributed by atoms with Crippen molar-refractivity contribution in [3.8, 4) is 5.75 Å². The van der Waals surface area contributed by atoms with Gasteiger partial charge in [-0.1, -0.05) is 24.3 Å². The SMILES string of the molecule is COc1ccccc1CN1C[C@@H](N)[C@H](c2ccc(F)c(F)c2)C1. The molecule has 2 atom stereocenters. The van der Waals surface area contributed by atoms with E-state index in [2.05, 4.69) is 4.90 Å². The van der Waals surface area contributed by atoms with E-state index in [9.17, 15) is 8.78 Å². The Bertz CT molecular complexity index is 692. The molecule has 0 spiro atoms. The molecule has 1 saturated heterocycles. The zero-order chi connectivity index (χ0) is 16.4. The monoisotopic (exact) mass is 318 g/mol. The summed E-state index contributed by atoms with van der Waals surface area (Å²) in [6.07, 6.45) is 0. The topological polar surface area (TPSA) is 38.5 Å². The minimum Gasteiger partial charge on any atom is -0.496 e. The molecule has 0 aliphatic carbocycles. The highest BCUT2D eigenvalue weighted by molar-refractivity contribution is 5.33. The van der Waals surface area contributed by atoms with Crippen LogP contribution >= 0.6 is 0 Å². The van der Waals surface area contributed by atoms with Crippen LogP contribution in [-0.2, 0) is 6.54 Å². The molecule has 0 aromatic heterocycles. The third-order valence-corrected chi connectivity index (χ3v) is 4.40. The molecule has 0 amide bonds. The summed E-state index contributed by atoms with van der Waals surface area (Å²) in [5.74, 6) is -0.804. The highest BCUT2D eigenvalue weighted by Gasteiger charge is 2.32. The van der Waals surface area contributed by atoms with Crippen molar-refractivity contribution in [3.05, 3.63) is 65.2 Å². The van der Waals surface area contributed by atoms with Gasteiger partial charge in [0.05, 0.1) is 7.11 Å². The standard InChI is InChI=1S/C18H20F2N2O/c1-23-18-5-3-2-4-13(18)9-22-10-14(17(21)11-22)12-6-7-15(19)16(20)8-12/h2-8,14,17H,9-11,21H2,1H3/t14-,17+/m0/s1. The number of ether oxygens (including phenoxy) is 1. The van der Waals surface area contributed by atoms with E-state index in [1.165, 1.54) is 12.1 Å². The molecule has 0 bridgehead atoms. The van der Waals surface area contributed by atoms with Crippen LogP contribution < -0.4 is 10.5 Å². The lowest BCUT2D eigenvalue weighted by molar-refractivity contribution is 0.314. The fourth-order valence-corrected chi connectivity index (χ4v) is 3.21. The van der Waals surface area contributed by atoms with Gasteiger partial charge in [0.25, 0.3) is 0 Å². The first-order valence-corrected chi connectivity index (χ1v) is 7.63. The maximum Gasteiger partial charge on any atom is 0.159 e. The number of rotatable bonds is 4. The Kier molecular flexibility index (Phi) is 4.59. The Hall–Kier alpha value is -1.98. The zero-order valence-corrected chi connectivity index (χ0v) is 13.0. The summed E-state index contributed by atoms with van der Waals surface area (Å²) < 4.78 is 31.9. The van der Waals surface area contributed by atoms with Gasteiger partial charge in [0, 0.05) is 37.2 Å². The van der Waals surface area contributed by atoms with Gasteiger partial charge in [-0.3, -0.25) is 4.90 Å². The lowest BCUT2D eigenvalue weighted by Crippen LogP contribution is -2.28. The summed E-state index contributed by atoms with van der Waals surface area (Å²) in [6.45, 7) is 2.14. The molecule has 0 unspecified atom stereocenters. The molecule has 0 radical (unpaired) electrons. The molecule has 23 heavy (non-hydrogen) atoms. The first-order chi connectivity index (χ1) is 11.1. The van der Waals surface area contributed by atoms with Gasteiger partial charge < -0.3 is 10.5 Å². The lowest BCUT2D eigenvalue weighted by Gasteiger charge is -2.18. The van der Waals surface area contributed by atoms with Gasteiger partial charge in [-0.2, -0.15) is 0 Å². The molecule has 1 aliphatic rings. The maximum absolute atomic E-state index is 13.5. The van der Waals surface area contributed by atoms with E-state index in [-0.39, 0.29) is 12.0 Å². The third-order valence-electron chi connectivity index (χ3n) is 4.40. The van der Waals surface area contributed by atoms with E-state index in [1.54, 1.807) is 13.2 Å². The van der Waals surface area contributed by atoms with E-state index < -0.39 is 11.6 Å². The van der Waals surface area contributed by atoms with Gasteiger partial charge >= 0.3 is 0 Å². The van der Waals surface area contributed by atoms with Crippen molar-refractivity contribution in [2.45, 2.75) is 18.5 Å². The highest BCUT2D eigenvalue weighted by atomic mass is 19.2. The van der Waals surface area contributed by atoms with E-state index in [0.717, 1.165) is 23.4 Å². The third kappa shape index (κ3) is 3.35. The molecule has 1 aliphatic heterocycles. The number of hydrogen-bond donors (Lipinski definition) is 1. The minimum atomic E-state index is -0.828. The van der Waals surface area contributed by atoms with Crippen LogP contribution in [0.3, 0.4) is 0 Å². The molecule has 3 nitrogen and oxygen atoms in total. The van der Waals surface area contributed by atoms with Crippen LogP contribution in [0.2, 0.25) is 0 Å². The summed E-state index contributed by atoms with van der Waals surface area (Å²) in [5, 5.41) is 0. The van der Waals surface area contributed by atoms with Gasteiger partial charge in [-0.05, 0) is 23.8 Å². The fraction of sp³-hybridized carbons (Fsp3) is 0.333. The number of halogens is 2. The number of nitrogens with two attached hydrogens (primary N) is 1. The Balaban J connectivity index is 1.74. The number of methoxy groups -OCH3 is 1. The number of benzene rings is 2. The molecule has 1 heterocycles. The number of para-hydroxylation sites is 1. The van der Waals surface area contributed by atoms with Crippen molar-refractivity contribution in [2.75, 3.05) is 20.2 Å². The van der Waals surface area contributed by atoms with Crippen LogP contribution in [0.15, 0.2) is 42.5 Å². The largest absolute Gasteiger partial charge is 0.496 e. The van der Waals surface area contributed by atoms with Crippen molar-refractivity contribution in [2.24, 2.45) is 5.73 Å². The van der Waals surface area contributed by atoms with Crippen molar-refractivity contribution in [1.29, 1.82) is 0 Å². The Morgan fingerprint density at radius 3 is 2.65 bits per heavy atom. The minimum absolute atomic E-state index is 0.000179. The number of nitrogens with zero attached hydrogens (tertiary/aromatic N) is 1. The summed E-state index contributed by atoms with van der Waals surface area (Å²) in [7, 11) is 1.65. The molecule has 3 rings (SSSR count). The summed E-state index contributed by atoms with van der Waals surface area (Å²) in [4.78, 5) is 2.22. The van der Waals surface area contributed by atoms with Crippen LogP contribution in [0.4, 0.5) is 8.78 Å². The van der Waals surface area contributed by atoms with Gasteiger partial charge in [0.1, 0.15) is 5.75 Å². The first kappa shape index (κ1) is 15.9. The van der Waals surface area contributed by atoms with Crippen molar-refractivity contribution >= 4 is 0 Å². The summed E-state index contributed by atoms with van der Waals surface area (Å²) in [5.41, 5.74) is 8.06. The second kappa shape index (κ2) is 6.64. The zero-order valence-electron chi connectivity index (χ0n) is 13.0. The van der Waals surface area contributed by atoms with Gasteiger partial charge in [0.2, 0.25) is 0 Å². The van der Waals surface area contributed by atoms with Crippen molar-refractivity contribution < 1.29 is 13.5 Å². The molecular formula is C18H20F2N2O.